The average Bonchev–Trinajstić information content (AvgIpc) is 2.97. The Bertz CT molecular complexity index is 771. The molecule has 3 rings (SSSR count). The van der Waals surface area contributed by atoms with Crippen LogP contribution in [0.1, 0.15) is 17.3 Å². The number of hydrogen-bond acceptors (Lipinski definition) is 4. The molecule has 0 amide bonds. The zero-order chi connectivity index (χ0) is 14.7. The SMILES string of the molecule is CC(=O)c1cccc(Nc2nc(-c3ccccc3)cs2)c1.[Br-]. The summed E-state index contributed by atoms with van der Waals surface area (Å²) in [6.45, 7) is 1.57. The van der Waals surface area contributed by atoms with Crippen LogP contribution in [0.25, 0.3) is 11.3 Å². The van der Waals surface area contributed by atoms with E-state index in [4.69, 9.17) is 0 Å². The summed E-state index contributed by atoms with van der Waals surface area (Å²) < 4.78 is 0. The minimum absolute atomic E-state index is 0. The first-order valence-corrected chi connectivity index (χ1v) is 7.49. The van der Waals surface area contributed by atoms with Gasteiger partial charge in [0.05, 0.1) is 5.69 Å². The lowest BCUT2D eigenvalue weighted by atomic mass is 10.1. The predicted molar refractivity (Wildman–Crippen MR) is 87.3 cm³/mol. The zero-order valence-corrected chi connectivity index (χ0v) is 14.3. The Kier molecular flexibility index (Phi) is 5.46. The Hall–Kier alpha value is -1.98. The number of Topliss-reactive ketones (excluding diaryl/α,β-unsaturated/α-hetero) is 1. The largest absolute Gasteiger partial charge is 1.00 e. The molecule has 0 fully saturated rings. The Morgan fingerprint density at radius 2 is 1.86 bits per heavy atom. The molecule has 5 heteroatoms. The lowest BCUT2D eigenvalue weighted by Crippen LogP contribution is -3.00. The van der Waals surface area contributed by atoms with E-state index in [1.807, 2.05) is 60.0 Å². The Labute approximate surface area is 143 Å². The zero-order valence-electron chi connectivity index (χ0n) is 11.9. The fourth-order valence-corrected chi connectivity index (χ4v) is 2.75. The van der Waals surface area contributed by atoms with E-state index in [9.17, 15) is 4.79 Å². The number of benzene rings is 2. The van der Waals surface area contributed by atoms with Crippen molar-refractivity contribution in [2.45, 2.75) is 6.92 Å². The molecule has 0 aliphatic heterocycles. The fraction of sp³-hybridized carbons (Fsp3) is 0.0588. The Balaban J connectivity index is 0.00000176. The number of thiazole rings is 1. The van der Waals surface area contributed by atoms with E-state index < -0.39 is 0 Å². The van der Waals surface area contributed by atoms with Crippen LogP contribution in [0.15, 0.2) is 60.0 Å². The maximum absolute atomic E-state index is 11.4. The molecule has 1 N–H and O–H groups in total. The number of nitrogens with zero attached hydrogens (tertiary/aromatic N) is 1. The molecule has 0 atom stereocenters. The van der Waals surface area contributed by atoms with Gasteiger partial charge in [0, 0.05) is 22.2 Å². The van der Waals surface area contributed by atoms with Crippen LogP contribution in [0.2, 0.25) is 0 Å². The van der Waals surface area contributed by atoms with Gasteiger partial charge in [-0.2, -0.15) is 0 Å². The van der Waals surface area contributed by atoms with Gasteiger partial charge < -0.3 is 22.3 Å². The van der Waals surface area contributed by atoms with Crippen LogP contribution in [0, 0.1) is 0 Å². The fourth-order valence-electron chi connectivity index (χ4n) is 2.01. The monoisotopic (exact) mass is 373 g/mol. The van der Waals surface area contributed by atoms with Crippen LogP contribution in [-0.4, -0.2) is 10.8 Å². The molecule has 2 aromatic carbocycles. The molecule has 0 unspecified atom stereocenters. The maximum atomic E-state index is 11.4. The molecule has 0 aliphatic carbocycles. The van der Waals surface area contributed by atoms with E-state index in [2.05, 4.69) is 10.3 Å². The van der Waals surface area contributed by atoms with Crippen LogP contribution in [0.3, 0.4) is 0 Å². The van der Waals surface area contributed by atoms with Crippen LogP contribution in [0.4, 0.5) is 10.8 Å². The third-order valence-electron chi connectivity index (χ3n) is 3.09. The summed E-state index contributed by atoms with van der Waals surface area (Å²) in [4.78, 5) is 16.0. The van der Waals surface area contributed by atoms with Gasteiger partial charge in [0.2, 0.25) is 0 Å². The number of halogens is 1. The normalized spacial score (nSPS) is 9.86. The first kappa shape index (κ1) is 16.4. The number of nitrogens with one attached hydrogen (secondary N) is 1. The summed E-state index contributed by atoms with van der Waals surface area (Å²) >= 11 is 1.55. The molecule has 0 bridgehead atoms. The summed E-state index contributed by atoms with van der Waals surface area (Å²) in [5, 5.41) is 6.08. The molecule has 0 radical (unpaired) electrons. The van der Waals surface area contributed by atoms with Crippen molar-refractivity contribution in [1.29, 1.82) is 0 Å². The highest BCUT2D eigenvalue weighted by atomic mass is 79.9. The Morgan fingerprint density at radius 1 is 1.09 bits per heavy atom. The maximum Gasteiger partial charge on any atom is 0.187 e. The van der Waals surface area contributed by atoms with E-state index in [1.165, 1.54) is 0 Å². The minimum atomic E-state index is 0. The van der Waals surface area contributed by atoms with Crippen molar-refractivity contribution >= 4 is 27.9 Å². The summed E-state index contributed by atoms with van der Waals surface area (Å²) in [7, 11) is 0. The summed E-state index contributed by atoms with van der Waals surface area (Å²) in [5.74, 6) is 0.0581. The van der Waals surface area contributed by atoms with E-state index in [0.29, 0.717) is 5.56 Å². The molecule has 1 aromatic heterocycles. The third kappa shape index (κ3) is 3.81. The smallest absolute Gasteiger partial charge is 0.187 e. The number of aromatic nitrogens is 1. The number of ketones is 1. The summed E-state index contributed by atoms with van der Waals surface area (Å²) in [6.07, 6.45) is 0. The van der Waals surface area contributed by atoms with Gasteiger partial charge in [-0.15, -0.1) is 11.3 Å². The first-order valence-electron chi connectivity index (χ1n) is 6.61. The Morgan fingerprint density at radius 3 is 2.59 bits per heavy atom. The van der Waals surface area contributed by atoms with E-state index in [1.54, 1.807) is 18.3 Å². The molecule has 1 heterocycles. The number of carbonyl (C=O) groups excluding carboxylic acids is 1. The van der Waals surface area contributed by atoms with Gasteiger partial charge in [0.1, 0.15) is 0 Å². The lowest BCUT2D eigenvalue weighted by molar-refractivity contribution is -0.0000121. The van der Waals surface area contributed by atoms with Gasteiger partial charge in [-0.1, -0.05) is 42.5 Å². The van der Waals surface area contributed by atoms with Crippen LogP contribution in [-0.2, 0) is 0 Å². The summed E-state index contributed by atoms with van der Waals surface area (Å²) in [5.41, 5.74) is 3.61. The topological polar surface area (TPSA) is 42.0 Å². The number of hydrogen-bond donors (Lipinski definition) is 1. The highest BCUT2D eigenvalue weighted by Gasteiger charge is 2.05. The van der Waals surface area contributed by atoms with E-state index in [-0.39, 0.29) is 22.8 Å². The number of carbonyl (C=O) groups is 1. The standard InChI is InChI=1S/C17H14N2OS.BrH/c1-12(20)14-8-5-9-15(10-14)18-17-19-16(11-21-17)13-6-3-2-4-7-13;/h2-11H,1H3,(H,18,19);1H/p-1. The van der Waals surface area contributed by atoms with E-state index in [0.717, 1.165) is 22.1 Å². The van der Waals surface area contributed by atoms with Crippen LogP contribution >= 0.6 is 11.3 Å². The first-order chi connectivity index (χ1) is 10.2. The number of rotatable bonds is 4. The second-order valence-corrected chi connectivity index (χ2v) is 5.52. The van der Waals surface area contributed by atoms with Gasteiger partial charge in [0.15, 0.2) is 10.9 Å². The molecule has 0 saturated carbocycles. The second kappa shape index (κ2) is 7.33. The molecule has 3 aromatic rings. The van der Waals surface area contributed by atoms with Gasteiger partial charge in [0.25, 0.3) is 0 Å². The van der Waals surface area contributed by atoms with Gasteiger partial charge in [-0.25, -0.2) is 4.98 Å². The van der Waals surface area contributed by atoms with Crippen molar-refractivity contribution in [3.8, 4) is 11.3 Å². The molecule has 0 aliphatic rings. The highest BCUT2D eigenvalue weighted by molar-refractivity contribution is 7.14. The number of anilines is 2. The minimum Gasteiger partial charge on any atom is -1.00 e. The lowest BCUT2D eigenvalue weighted by Gasteiger charge is -2.04. The highest BCUT2D eigenvalue weighted by Crippen LogP contribution is 2.27. The molecule has 22 heavy (non-hydrogen) atoms. The van der Waals surface area contributed by atoms with Crippen molar-refractivity contribution in [3.63, 3.8) is 0 Å². The third-order valence-corrected chi connectivity index (χ3v) is 3.85. The molecular formula is C17H14BrN2OS-. The average molecular weight is 374 g/mol. The summed E-state index contributed by atoms with van der Waals surface area (Å²) in [6, 6.07) is 17.5. The van der Waals surface area contributed by atoms with Gasteiger partial charge >= 0.3 is 0 Å². The van der Waals surface area contributed by atoms with Crippen molar-refractivity contribution in [2.24, 2.45) is 0 Å². The van der Waals surface area contributed by atoms with Gasteiger partial charge in [-0.05, 0) is 19.1 Å². The molecule has 0 spiro atoms. The van der Waals surface area contributed by atoms with Gasteiger partial charge in [-0.3, -0.25) is 4.79 Å². The van der Waals surface area contributed by atoms with Crippen LogP contribution in [0.5, 0.6) is 0 Å². The van der Waals surface area contributed by atoms with Crippen molar-refractivity contribution in [2.75, 3.05) is 5.32 Å². The quantitative estimate of drug-likeness (QED) is 0.708. The van der Waals surface area contributed by atoms with E-state index >= 15 is 0 Å². The molecular weight excluding hydrogens is 360 g/mol. The molecule has 3 nitrogen and oxygen atoms in total. The van der Waals surface area contributed by atoms with Crippen molar-refractivity contribution < 1.29 is 21.8 Å². The molecule has 0 saturated heterocycles. The molecule has 112 valence electrons. The van der Waals surface area contributed by atoms with Crippen molar-refractivity contribution in [1.82, 2.24) is 4.98 Å². The van der Waals surface area contributed by atoms with Crippen LogP contribution < -0.4 is 22.3 Å². The second-order valence-electron chi connectivity index (χ2n) is 4.67. The predicted octanol–water partition coefficient (Wildman–Crippen LogP) is 1.76. The van der Waals surface area contributed by atoms with Crippen molar-refractivity contribution in [3.05, 3.63) is 65.5 Å².